The van der Waals surface area contributed by atoms with Crippen molar-refractivity contribution in [2.24, 2.45) is 0 Å². The first-order chi connectivity index (χ1) is 12.1. The molecule has 1 saturated carbocycles. The van der Waals surface area contributed by atoms with Crippen molar-refractivity contribution >= 4 is 11.7 Å². The molecule has 0 heterocycles. The minimum absolute atomic E-state index is 0.0353. The number of halogens is 1. The van der Waals surface area contributed by atoms with E-state index in [2.05, 4.69) is 22.8 Å². The predicted octanol–water partition coefficient (Wildman–Crippen LogP) is 4.47. The molecule has 132 valence electrons. The predicted molar refractivity (Wildman–Crippen MR) is 96.6 cm³/mol. The number of hydrogen-bond donors (Lipinski definition) is 2. The summed E-state index contributed by atoms with van der Waals surface area (Å²) in [4.78, 5) is 12.2. The van der Waals surface area contributed by atoms with Crippen LogP contribution in [0.15, 0.2) is 48.5 Å². The zero-order chi connectivity index (χ0) is 17.7. The van der Waals surface area contributed by atoms with Crippen molar-refractivity contribution in [3.63, 3.8) is 0 Å². The second kappa shape index (κ2) is 7.55. The van der Waals surface area contributed by atoms with Gasteiger partial charge in [-0.05, 0) is 54.8 Å². The second-order valence-corrected chi connectivity index (χ2v) is 6.53. The molecule has 3 rings (SSSR count). The van der Waals surface area contributed by atoms with E-state index < -0.39 is 0 Å². The van der Waals surface area contributed by atoms with E-state index in [4.69, 9.17) is 4.74 Å². The number of benzene rings is 2. The van der Waals surface area contributed by atoms with Gasteiger partial charge in [-0.3, -0.25) is 0 Å². The Hall–Kier alpha value is -2.56. The normalized spacial score (nSPS) is 15.6. The quantitative estimate of drug-likeness (QED) is 0.842. The van der Waals surface area contributed by atoms with Gasteiger partial charge in [0.1, 0.15) is 11.6 Å². The highest BCUT2D eigenvalue weighted by Gasteiger charge is 2.35. The number of anilines is 1. The summed E-state index contributed by atoms with van der Waals surface area (Å²) in [6.45, 7) is 0.576. The maximum Gasteiger partial charge on any atom is 0.319 e. The first kappa shape index (κ1) is 17.3. The molecule has 1 aliphatic carbocycles. The molecule has 0 unspecified atom stereocenters. The summed E-state index contributed by atoms with van der Waals surface area (Å²) in [6.07, 6.45) is 4.42. The van der Waals surface area contributed by atoms with Crippen LogP contribution in [0.2, 0.25) is 0 Å². The molecule has 0 spiro atoms. The van der Waals surface area contributed by atoms with Crippen molar-refractivity contribution in [1.82, 2.24) is 5.32 Å². The molecule has 0 bridgehead atoms. The Morgan fingerprint density at radius 2 is 1.72 bits per heavy atom. The van der Waals surface area contributed by atoms with Crippen LogP contribution in [0.25, 0.3) is 0 Å². The van der Waals surface area contributed by atoms with Gasteiger partial charge in [0.05, 0.1) is 7.11 Å². The van der Waals surface area contributed by atoms with E-state index in [9.17, 15) is 9.18 Å². The fourth-order valence-electron chi connectivity index (χ4n) is 3.52. The van der Waals surface area contributed by atoms with Gasteiger partial charge in [0, 0.05) is 17.6 Å². The number of carbonyl (C=O) groups is 1. The number of methoxy groups -OCH3 is 1. The van der Waals surface area contributed by atoms with Crippen LogP contribution in [0, 0.1) is 5.82 Å². The summed E-state index contributed by atoms with van der Waals surface area (Å²) in [5, 5.41) is 5.72. The first-order valence-corrected chi connectivity index (χ1v) is 8.56. The summed E-state index contributed by atoms with van der Waals surface area (Å²) in [5.41, 5.74) is 1.77. The van der Waals surface area contributed by atoms with Gasteiger partial charge >= 0.3 is 6.03 Å². The van der Waals surface area contributed by atoms with Crippen molar-refractivity contribution in [1.29, 1.82) is 0 Å². The SMILES string of the molecule is COc1ccc(C2(CNC(=O)Nc3ccc(F)cc3)CCCC2)cc1. The molecule has 1 aliphatic rings. The standard InChI is InChI=1S/C20H23FN2O2/c1-25-18-10-4-15(5-11-18)20(12-2-3-13-20)14-22-19(24)23-17-8-6-16(21)7-9-17/h4-11H,2-3,12-14H2,1H3,(H2,22,23,24). The number of rotatable bonds is 5. The number of amides is 2. The number of urea groups is 1. The molecule has 0 saturated heterocycles. The van der Waals surface area contributed by atoms with Gasteiger partial charge in [-0.2, -0.15) is 0 Å². The van der Waals surface area contributed by atoms with Crippen molar-refractivity contribution in [2.45, 2.75) is 31.1 Å². The highest BCUT2D eigenvalue weighted by Crippen LogP contribution is 2.41. The molecule has 2 N–H and O–H groups in total. The van der Waals surface area contributed by atoms with E-state index in [1.54, 1.807) is 19.2 Å². The Morgan fingerprint density at radius 3 is 2.32 bits per heavy atom. The second-order valence-electron chi connectivity index (χ2n) is 6.53. The maximum atomic E-state index is 12.9. The lowest BCUT2D eigenvalue weighted by atomic mass is 9.79. The van der Waals surface area contributed by atoms with Crippen molar-refractivity contribution in [2.75, 3.05) is 19.0 Å². The maximum absolute atomic E-state index is 12.9. The van der Waals surface area contributed by atoms with Crippen molar-refractivity contribution in [3.8, 4) is 5.75 Å². The minimum atomic E-state index is -0.324. The van der Waals surface area contributed by atoms with E-state index in [-0.39, 0.29) is 17.3 Å². The van der Waals surface area contributed by atoms with E-state index in [0.29, 0.717) is 12.2 Å². The first-order valence-electron chi connectivity index (χ1n) is 8.56. The summed E-state index contributed by atoms with van der Waals surface area (Å²) in [7, 11) is 1.65. The molecular weight excluding hydrogens is 319 g/mol. The third-order valence-electron chi connectivity index (χ3n) is 4.95. The Balaban J connectivity index is 1.65. The average molecular weight is 342 g/mol. The Kier molecular flexibility index (Phi) is 5.22. The monoisotopic (exact) mass is 342 g/mol. The lowest BCUT2D eigenvalue weighted by molar-refractivity contribution is 0.248. The molecule has 2 amide bonds. The van der Waals surface area contributed by atoms with Gasteiger partial charge in [0.15, 0.2) is 0 Å². The smallest absolute Gasteiger partial charge is 0.319 e. The highest BCUT2D eigenvalue weighted by molar-refractivity contribution is 5.89. The fraction of sp³-hybridized carbons (Fsp3) is 0.350. The fourth-order valence-corrected chi connectivity index (χ4v) is 3.52. The molecule has 0 aliphatic heterocycles. The Labute approximate surface area is 147 Å². The molecule has 5 heteroatoms. The van der Waals surface area contributed by atoms with E-state index >= 15 is 0 Å². The number of ether oxygens (including phenoxy) is 1. The van der Waals surface area contributed by atoms with Crippen LogP contribution in [0.3, 0.4) is 0 Å². The average Bonchev–Trinajstić information content (AvgIpc) is 3.12. The Bertz CT molecular complexity index is 707. The van der Waals surface area contributed by atoms with E-state index in [1.807, 2.05) is 12.1 Å². The van der Waals surface area contributed by atoms with Crippen LogP contribution in [-0.2, 0) is 5.41 Å². The number of nitrogens with one attached hydrogen (secondary N) is 2. The third-order valence-corrected chi connectivity index (χ3v) is 4.95. The zero-order valence-corrected chi connectivity index (χ0v) is 14.3. The van der Waals surface area contributed by atoms with E-state index in [0.717, 1.165) is 31.4 Å². The Morgan fingerprint density at radius 1 is 1.08 bits per heavy atom. The van der Waals surface area contributed by atoms with Gasteiger partial charge in [-0.25, -0.2) is 9.18 Å². The largest absolute Gasteiger partial charge is 0.497 e. The van der Waals surface area contributed by atoms with Crippen molar-refractivity contribution < 1.29 is 13.9 Å². The lowest BCUT2D eigenvalue weighted by Gasteiger charge is -2.30. The lowest BCUT2D eigenvalue weighted by Crippen LogP contribution is -2.40. The summed E-state index contributed by atoms with van der Waals surface area (Å²) in [5.74, 6) is 0.509. The van der Waals surface area contributed by atoms with Crippen LogP contribution in [0.1, 0.15) is 31.2 Å². The molecular formula is C20H23FN2O2. The van der Waals surface area contributed by atoms with Crippen molar-refractivity contribution in [3.05, 3.63) is 59.9 Å². The molecule has 25 heavy (non-hydrogen) atoms. The zero-order valence-electron chi connectivity index (χ0n) is 14.3. The van der Waals surface area contributed by atoms with Crippen LogP contribution in [0.4, 0.5) is 14.9 Å². The summed E-state index contributed by atoms with van der Waals surface area (Å²) in [6, 6.07) is 13.6. The van der Waals surface area contributed by atoms with Gasteiger partial charge < -0.3 is 15.4 Å². The van der Waals surface area contributed by atoms with E-state index in [1.165, 1.54) is 17.7 Å². The van der Waals surface area contributed by atoms with Crippen LogP contribution in [-0.4, -0.2) is 19.7 Å². The van der Waals surface area contributed by atoms with Crippen LogP contribution >= 0.6 is 0 Å². The number of carbonyl (C=O) groups excluding carboxylic acids is 1. The minimum Gasteiger partial charge on any atom is -0.497 e. The molecule has 0 aromatic heterocycles. The van der Waals surface area contributed by atoms with Gasteiger partial charge in [-0.1, -0.05) is 25.0 Å². The molecule has 0 atom stereocenters. The molecule has 0 radical (unpaired) electrons. The third kappa shape index (κ3) is 4.10. The van der Waals surface area contributed by atoms with Gasteiger partial charge in [0.25, 0.3) is 0 Å². The van der Waals surface area contributed by atoms with Gasteiger partial charge in [-0.15, -0.1) is 0 Å². The van der Waals surface area contributed by atoms with Crippen LogP contribution < -0.4 is 15.4 Å². The highest BCUT2D eigenvalue weighted by atomic mass is 19.1. The summed E-state index contributed by atoms with van der Waals surface area (Å²) >= 11 is 0. The topological polar surface area (TPSA) is 50.4 Å². The molecule has 2 aromatic rings. The molecule has 4 nitrogen and oxygen atoms in total. The molecule has 2 aromatic carbocycles. The molecule has 1 fully saturated rings. The summed E-state index contributed by atoms with van der Waals surface area (Å²) < 4.78 is 18.2. The number of hydrogen-bond acceptors (Lipinski definition) is 2. The van der Waals surface area contributed by atoms with Gasteiger partial charge in [0.2, 0.25) is 0 Å². The van der Waals surface area contributed by atoms with Crippen LogP contribution in [0.5, 0.6) is 5.75 Å².